The zero-order valence-electron chi connectivity index (χ0n) is 17.2. The van der Waals surface area contributed by atoms with Crippen LogP contribution in [-0.2, 0) is 16.0 Å². The van der Waals surface area contributed by atoms with Gasteiger partial charge < -0.3 is 25.6 Å². The van der Waals surface area contributed by atoms with E-state index in [1.165, 1.54) is 5.56 Å². The third-order valence-electron chi connectivity index (χ3n) is 4.13. The third kappa shape index (κ3) is 6.75. The summed E-state index contributed by atoms with van der Waals surface area (Å²) in [7, 11) is 1.66. The average molecular weight is 390 g/mol. The molecule has 0 radical (unpaired) electrons. The van der Waals surface area contributed by atoms with Crippen LogP contribution in [0.3, 0.4) is 0 Å². The van der Waals surface area contributed by atoms with Crippen LogP contribution in [-0.4, -0.2) is 56.8 Å². The monoisotopic (exact) mass is 389 g/mol. The van der Waals surface area contributed by atoms with E-state index in [1.807, 2.05) is 39.0 Å². The lowest BCUT2D eigenvalue weighted by Gasteiger charge is -2.20. The van der Waals surface area contributed by atoms with Gasteiger partial charge in [0.15, 0.2) is 5.96 Å². The summed E-state index contributed by atoms with van der Waals surface area (Å²) < 4.78 is 5.18. The molecule has 0 aromatic heterocycles. The summed E-state index contributed by atoms with van der Waals surface area (Å²) in [6, 6.07) is 7.98. The van der Waals surface area contributed by atoms with Crippen molar-refractivity contribution in [3.8, 4) is 0 Å². The number of alkyl carbamates (subject to hydrolysis) is 1. The lowest BCUT2D eigenvalue weighted by molar-refractivity contribution is -0.117. The van der Waals surface area contributed by atoms with Gasteiger partial charge in [0.1, 0.15) is 5.60 Å². The Kier molecular flexibility index (Phi) is 7.66. The number of ether oxygens (including phenoxy) is 1. The zero-order chi connectivity index (χ0) is 20.6. The van der Waals surface area contributed by atoms with Gasteiger partial charge >= 0.3 is 6.09 Å². The van der Waals surface area contributed by atoms with Gasteiger partial charge in [-0.15, -0.1) is 0 Å². The van der Waals surface area contributed by atoms with Crippen molar-refractivity contribution in [2.75, 3.05) is 38.1 Å². The molecule has 2 rings (SSSR count). The smallest absolute Gasteiger partial charge is 0.407 e. The number of rotatable bonds is 6. The van der Waals surface area contributed by atoms with Crippen LogP contribution in [0, 0.1) is 0 Å². The van der Waals surface area contributed by atoms with Crippen molar-refractivity contribution in [3.63, 3.8) is 0 Å². The Morgan fingerprint density at radius 3 is 2.57 bits per heavy atom. The summed E-state index contributed by atoms with van der Waals surface area (Å²) in [4.78, 5) is 30.0. The molecular formula is C20H31N5O3. The van der Waals surface area contributed by atoms with Gasteiger partial charge in [-0.1, -0.05) is 18.2 Å². The molecular weight excluding hydrogens is 358 g/mol. The van der Waals surface area contributed by atoms with E-state index in [-0.39, 0.29) is 12.5 Å². The number of hydrogen-bond donors (Lipinski definition) is 3. The molecule has 8 heteroatoms. The Balaban J connectivity index is 1.65. The summed E-state index contributed by atoms with van der Waals surface area (Å²) in [5, 5.41) is 8.88. The Bertz CT molecular complexity index is 712. The van der Waals surface area contributed by atoms with E-state index in [9.17, 15) is 9.59 Å². The highest BCUT2D eigenvalue weighted by atomic mass is 16.6. The van der Waals surface area contributed by atoms with Crippen LogP contribution in [0.2, 0.25) is 0 Å². The van der Waals surface area contributed by atoms with E-state index >= 15 is 0 Å². The van der Waals surface area contributed by atoms with E-state index in [1.54, 1.807) is 11.9 Å². The Labute approximate surface area is 166 Å². The second-order valence-electron chi connectivity index (χ2n) is 7.56. The number of nitrogens with zero attached hydrogens (tertiary/aromatic N) is 2. The van der Waals surface area contributed by atoms with E-state index in [0.717, 1.165) is 12.1 Å². The number of anilines is 1. The van der Waals surface area contributed by atoms with Crippen LogP contribution in [0.1, 0.15) is 32.8 Å². The fourth-order valence-corrected chi connectivity index (χ4v) is 2.87. The standard InChI is InChI=1S/C20H31N5O3/c1-20(2,3)28-19(27)23-12-7-11-22-18(21-4)24-14-17(26)25-13-10-15-8-5-6-9-16(15)25/h5-6,8-9H,7,10-14H2,1-4H3,(H,23,27)(H2,21,22,24). The first-order chi connectivity index (χ1) is 13.3. The first-order valence-corrected chi connectivity index (χ1v) is 9.60. The first-order valence-electron chi connectivity index (χ1n) is 9.60. The molecule has 1 aromatic rings. The highest BCUT2D eigenvalue weighted by Crippen LogP contribution is 2.27. The normalized spacial score (nSPS) is 13.7. The van der Waals surface area contributed by atoms with Crippen LogP contribution in [0.4, 0.5) is 10.5 Å². The van der Waals surface area contributed by atoms with Gasteiger partial charge in [0.05, 0.1) is 6.54 Å². The van der Waals surface area contributed by atoms with Crippen molar-refractivity contribution in [1.82, 2.24) is 16.0 Å². The molecule has 1 aromatic carbocycles. The summed E-state index contributed by atoms with van der Waals surface area (Å²) >= 11 is 0. The van der Waals surface area contributed by atoms with Crippen molar-refractivity contribution in [2.45, 2.75) is 39.2 Å². The molecule has 2 amide bonds. The fraction of sp³-hybridized carbons (Fsp3) is 0.550. The summed E-state index contributed by atoms with van der Waals surface area (Å²) in [6.45, 7) is 7.45. The molecule has 1 aliphatic rings. The van der Waals surface area contributed by atoms with Crippen LogP contribution in [0.5, 0.6) is 0 Å². The second-order valence-corrected chi connectivity index (χ2v) is 7.56. The minimum Gasteiger partial charge on any atom is -0.444 e. The topological polar surface area (TPSA) is 95.1 Å². The molecule has 0 saturated heterocycles. The third-order valence-corrected chi connectivity index (χ3v) is 4.13. The van der Waals surface area contributed by atoms with Gasteiger partial charge in [-0.2, -0.15) is 0 Å². The maximum atomic E-state index is 12.5. The van der Waals surface area contributed by atoms with Crippen LogP contribution in [0.15, 0.2) is 29.3 Å². The SMILES string of the molecule is CN=C(NCCCNC(=O)OC(C)(C)C)NCC(=O)N1CCc2ccccc21. The van der Waals surface area contributed by atoms with Gasteiger partial charge in [-0.05, 0) is 45.2 Å². The van der Waals surface area contributed by atoms with Gasteiger partial charge in [0, 0.05) is 32.4 Å². The van der Waals surface area contributed by atoms with Gasteiger partial charge in [-0.3, -0.25) is 9.79 Å². The van der Waals surface area contributed by atoms with Gasteiger partial charge in [-0.25, -0.2) is 4.79 Å². The van der Waals surface area contributed by atoms with Crippen molar-refractivity contribution < 1.29 is 14.3 Å². The van der Waals surface area contributed by atoms with E-state index in [4.69, 9.17) is 4.74 Å². The van der Waals surface area contributed by atoms with E-state index in [2.05, 4.69) is 27.0 Å². The molecule has 1 heterocycles. The number of guanidine groups is 1. The van der Waals surface area contributed by atoms with Gasteiger partial charge in [0.25, 0.3) is 0 Å². The zero-order valence-corrected chi connectivity index (χ0v) is 17.2. The summed E-state index contributed by atoms with van der Waals surface area (Å²) in [5.41, 5.74) is 1.69. The summed E-state index contributed by atoms with van der Waals surface area (Å²) in [5.74, 6) is 0.567. The molecule has 154 valence electrons. The lowest BCUT2D eigenvalue weighted by Crippen LogP contribution is -2.45. The number of nitrogens with one attached hydrogen (secondary N) is 3. The number of carbonyl (C=O) groups excluding carboxylic acids is 2. The minimum absolute atomic E-state index is 0.0134. The molecule has 8 nitrogen and oxygen atoms in total. The Hall–Kier alpha value is -2.77. The number of carbonyl (C=O) groups is 2. The number of aliphatic imine (C=N–C) groups is 1. The molecule has 0 spiro atoms. The lowest BCUT2D eigenvalue weighted by atomic mass is 10.2. The van der Waals surface area contributed by atoms with Crippen molar-refractivity contribution in [1.29, 1.82) is 0 Å². The van der Waals surface area contributed by atoms with Crippen molar-refractivity contribution >= 4 is 23.6 Å². The first kappa shape index (κ1) is 21.5. The molecule has 0 atom stereocenters. The molecule has 1 aliphatic heterocycles. The maximum absolute atomic E-state index is 12.5. The molecule has 3 N–H and O–H groups in total. The van der Waals surface area contributed by atoms with E-state index in [0.29, 0.717) is 32.0 Å². The molecule has 0 bridgehead atoms. The van der Waals surface area contributed by atoms with Crippen molar-refractivity contribution in [2.24, 2.45) is 4.99 Å². The predicted molar refractivity (Wildman–Crippen MR) is 111 cm³/mol. The quantitative estimate of drug-likeness (QED) is 0.391. The number of fused-ring (bicyclic) bond motifs is 1. The number of para-hydroxylation sites is 1. The molecule has 0 saturated carbocycles. The molecule has 28 heavy (non-hydrogen) atoms. The predicted octanol–water partition coefficient (Wildman–Crippen LogP) is 1.66. The number of hydrogen-bond acceptors (Lipinski definition) is 4. The van der Waals surface area contributed by atoms with Gasteiger partial charge in [0.2, 0.25) is 5.91 Å². The number of benzene rings is 1. The van der Waals surface area contributed by atoms with Crippen LogP contribution < -0.4 is 20.9 Å². The highest BCUT2D eigenvalue weighted by molar-refractivity contribution is 5.98. The van der Waals surface area contributed by atoms with Crippen LogP contribution in [0.25, 0.3) is 0 Å². The Morgan fingerprint density at radius 2 is 1.86 bits per heavy atom. The molecule has 0 fully saturated rings. The summed E-state index contributed by atoms with van der Waals surface area (Å²) in [6.07, 6.45) is 1.17. The second kappa shape index (κ2) is 9.96. The van der Waals surface area contributed by atoms with E-state index < -0.39 is 11.7 Å². The molecule has 0 aliphatic carbocycles. The Morgan fingerprint density at radius 1 is 1.14 bits per heavy atom. The fourth-order valence-electron chi connectivity index (χ4n) is 2.87. The van der Waals surface area contributed by atoms with Crippen LogP contribution >= 0.6 is 0 Å². The highest BCUT2D eigenvalue weighted by Gasteiger charge is 2.23. The largest absolute Gasteiger partial charge is 0.444 e. The number of amides is 2. The molecule has 0 unspecified atom stereocenters. The maximum Gasteiger partial charge on any atom is 0.407 e. The van der Waals surface area contributed by atoms with Crippen molar-refractivity contribution in [3.05, 3.63) is 29.8 Å². The minimum atomic E-state index is -0.503. The average Bonchev–Trinajstić information content (AvgIpc) is 3.06.